The van der Waals surface area contributed by atoms with Crippen molar-refractivity contribution >= 4 is 38.6 Å². The number of rotatable bonds is 3. The maximum atomic E-state index is 13.0. The molecular formula is C15H16N6O2S2. The lowest BCUT2D eigenvalue weighted by molar-refractivity contribution is 0.384. The maximum Gasteiger partial charge on any atom is 0.245 e. The van der Waals surface area contributed by atoms with Crippen LogP contribution in [-0.2, 0) is 10.0 Å². The summed E-state index contributed by atoms with van der Waals surface area (Å²) in [7, 11) is -3.60. The predicted molar refractivity (Wildman–Crippen MR) is 95.2 cm³/mol. The van der Waals surface area contributed by atoms with Gasteiger partial charge in [0.05, 0.1) is 17.4 Å². The van der Waals surface area contributed by atoms with Crippen molar-refractivity contribution in [1.82, 2.24) is 23.2 Å². The van der Waals surface area contributed by atoms with Gasteiger partial charge in [0.15, 0.2) is 5.82 Å². The Bertz CT molecular complexity index is 994. The maximum absolute atomic E-state index is 13.0. The van der Waals surface area contributed by atoms with E-state index in [2.05, 4.69) is 18.9 Å². The number of fused-ring (bicyclic) bond motifs is 1. The molecule has 3 heterocycles. The van der Waals surface area contributed by atoms with Crippen molar-refractivity contribution in [3.63, 3.8) is 0 Å². The lowest BCUT2D eigenvalue weighted by Gasteiger charge is -2.34. The Morgan fingerprint density at radius 1 is 1.00 bits per heavy atom. The molecule has 4 rings (SSSR count). The van der Waals surface area contributed by atoms with Crippen LogP contribution in [0.4, 0.5) is 5.82 Å². The minimum Gasteiger partial charge on any atom is -0.352 e. The van der Waals surface area contributed by atoms with Gasteiger partial charge < -0.3 is 4.90 Å². The average molecular weight is 376 g/mol. The van der Waals surface area contributed by atoms with Gasteiger partial charge in [-0.3, -0.25) is 0 Å². The Balaban J connectivity index is 1.55. The standard InChI is InChI=1S/C15H16N6O2S2/c1-11-5-6-14(17-16-11)20-7-9-21(10-8-20)25(22,23)13-4-2-3-12-15(13)19-24-18-12/h2-6H,7-10H2,1H3. The van der Waals surface area contributed by atoms with E-state index in [0.29, 0.717) is 37.2 Å². The number of sulfonamides is 1. The highest BCUT2D eigenvalue weighted by Gasteiger charge is 2.31. The molecule has 1 aliphatic rings. The fourth-order valence-corrected chi connectivity index (χ4v) is 5.02. The minimum absolute atomic E-state index is 0.224. The van der Waals surface area contributed by atoms with Gasteiger partial charge in [0.2, 0.25) is 10.0 Å². The van der Waals surface area contributed by atoms with Crippen LogP contribution in [-0.4, -0.2) is 57.8 Å². The number of aryl methyl sites for hydroxylation is 1. The van der Waals surface area contributed by atoms with E-state index in [4.69, 9.17) is 0 Å². The van der Waals surface area contributed by atoms with Crippen molar-refractivity contribution in [3.8, 4) is 0 Å². The number of aromatic nitrogens is 4. The lowest BCUT2D eigenvalue weighted by Crippen LogP contribution is -2.49. The van der Waals surface area contributed by atoms with Gasteiger partial charge in [-0.2, -0.15) is 18.2 Å². The number of nitrogens with zero attached hydrogens (tertiary/aromatic N) is 6. The van der Waals surface area contributed by atoms with Crippen molar-refractivity contribution in [3.05, 3.63) is 36.0 Å². The molecule has 1 saturated heterocycles. The van der Waals surface area contributed by atoms with E-state index in [-0.39, 0.29) is 4.90 Å². The summed E-state index contributed by atoms with van der Waals surface area (Å²) < 4.78 is 35.8. The Hall–Kier alpha value is -2.17. The molecule has 10 heteroatoms. The van der Waals surface area contributed by atoms with Gasteiger partial charge in [0.1, 0.15) is 15.9 Å². The van der Waals surface area contributed by atoms with Crippen LogP contribution in [0.25, 0.3) is 11.0 Å². The summed E-state index contributed by atoms with van der Waals surface area (Å²) in [5.74, 6) is 0.772. The zero-order chi connectivity index (χ0) is 17.4. The molecule has 25 heavy (non-hydrogen) atoms. The molecule has 1 aromatic carbocycles. The first-order valence-corrected chi connectivity index (χ1v) is 9.99. The zero-order valence-corrected chi connectivity index (χ0v) is 15.2. The third-order valence-corrected chi connectivity index (χ3v) is 6.69. The predicted octanol–water partition coefficient (Wildman–Crippen LogP) is 1.30. The van der Waals surface area contributed by atoms with E-state index < -0.39 is 10.0 Å². The normalized spacial score (nSPS) is 16.4. The molecule has 3 aromatic rings. The number of anilines is 1. The van der Waals surface area contributed by atoms with Gasteiger partial charge >= 0.3 is 0 Å². The average Bonchev–Trinajstić information content (AvgIpc) is 3.11. The van der Waals surface area contributed by atoms with Crippen LogP contribution in [0.15, 0.2) is 35.2 Å². The zero-order valence-electron chi connectivity index (χ0n) is 13.5. The highest BCUT2D eigenvalue weighted by Crippen LogP contribution is 2.25. The Kier molecular flexibility index (Phi) is 4.10. The first-order valence-electron chi connectivity index (χ1n) is 7.82. The van der Waals surface area contributed by atoms with Gasteiger partial charge in [-0.15, -0.1) is 5.10 Å². The van der Waals surface area contributed by atoms with Crippen LogP contribution in [0.1, 0.15) is 5.69 Å². The van der Waals surface area contributed by atoms with E-state index in [1.54, 1.807) is 18.2 Å². The second-order valence-corrected chi connectivity index (χ2v) is 8.25. The van der Waals surface area contributed by atoms with Crippen molar-refractivity contribution < 1.29 is 8.42 Å². The van der Waals surface area contributed by atoms with Crippen LogP contribution in [0.2, 0.25) is 0 Å². The second-order valence-electron chi connectivity index (χ2n) is 5.81. The Morgan fingerprint density at radius 2 is 1.80 bits per heavy atom. The first kappa shape index (κ1) is 16.3. The molecule has 0 unspecified atom stereocenters. The van der Waals surface area contributed by atoms with Crippen LogP contribution in [0.3, 0.4) is 0 Å². The molecule has 1 fully saturated rings. The first-order chi connectivity index (χ1) is 12.1. The molecule has 0 radical (unpaired) electrons. The molecule has 0 N–H and O–H groups in total. The molecule has 8 nitrogen and oxygen atoms in total. The number of hydrogen-bond donors (Lipinski definition) is 0. The molecule has 0 bridgehead atoms. The van der Waals surface area contributed by atoms with Crippen molar-refractivity contribution in [2.45, 2.75) is 11.8 Å². The van der Waals surface area contributed by atoms with Gasteiger partial charge in [0.25, 0.3) is 0 Å². The lowest BCUT2D eigenvalue weighted by atomic mass is 10.3. The van der Waals surface area contributed by atoms with Crippen LogP contribution < -0.4 is 4.90 Å². The summed E-state index contributed by atoms with van der Waals surface area (Å²) in [5.41, 5.74) is 1.91. The SMILES string of the molecule is Cc1ccc(N2CCN(S(=O)(=O)c3cccc4nsnc34)CC2)nn1. The van der Waals surface area contributed by atoms with E-state index in [1.165, 1.54) is 4.31 Å². The summed E-state index contributed by atoms with van der Waals surface area (Å²) in [4.78, 5) is 2.27. The fourth-order valence-electron chi connectivity index (χ4n) is 2.85. The van der Waals surface area contributed by atoms with E-state index in [9.17, 15) is 8.42 Å². The topological polar surface area (TPSA) is 92.2 Å². The molecule has 0 amide bonds. The highest BCUT2D eigenvalue weighted by molar-refractivity contribution is 7.89. The number of piperazine rings is 1. The summed E-state index contributed by atoms with van der Waals surface area (Å²) in [6, 6.07) is 8.88. The monoisotopic (exact) mass is 376 g/mol. The molecule has 0 atom stereocenters. The second kappa shape index (κ2) is 6.28. The van der Waals surface area contributed by atoms with Crippen LogP contribution in [0, 0.1) is 6.92 Å². The fraction of sp³-hybridized carbons (Fsp3) is 0.333. The number of benzene rings is 1. The van der Waals surface area contributed by atoms with Crippen molar-refractivity contribution in [2.75, 3.05) is 31.1 Å². The largest absolute Gasteiger partial charge is 0.352 e. The number of hydrogen-bond acceptors (Lipinski definition) is 8. The molecule has 0 spiro atoms. The minimum atomic E-state index is -3.60. The molecule has 1 aliphatic heterocycles. The van der Waals surface area contributed by atoms with Crippen molar-refractivity contribution in [2.24, 2.45) is 0 Å². The van der Waals surface area contributed by atoms with Crippen LogP contribution >= 0.6 is 11.7 Å². The smallest absolute Gasteiger partial charge is 0.245 e. The van der Waals surface area contributed by atoms with Gasteiger partial charge in [0, 0.05) is 26.2 Å². The Morgan fingerprint density at radius 3 is 2.52 bits per heavy atom. The van der Waals surface area contributed by atoms with E-state index in [0.717, 1.165) is 23.2 Å². The highest BCUT2D eigenvalue weighted by atomic mass is 32.2. The van der Waals surface area contributed by atoms with E-state index >= 15 is 0 Å². The van der Waals surface area contributed by atoms with Crippen molar-refractivity contribution in [1.29, 1.82) is 0 Å². The molecular weight excluding hydrogens is 360 g/mol. The van der Waals surface area contributed by atoms with Gasteiger partial charge in [-0.25, -0.2) is 8.42 Å². The molecule has 130 valence electrons. The summed E-state index contributed by atoms with van der Waals surface area (Å²) in [6.45, 7) is 3.82. The third kappa shape index (κ3) is 2.96. The van der Waals surface area contributed by atoms with Crippen LogP contribution in [0.5, 0.6) is 0 Å². The van der Waals surface area contributed by atoms with E-state index in [1.807, 2.05) is 24.0 Å². The quantitative estimate of drug-likeness (QED) is 0.680. The van der Waals surface area contributed by atoms with Gasteiger partial charge in [-0.1, -0.05) is 6.07 Å². The summed E-state index contributed by atoms with van der Waals surface area (Å²) in [6.07, 6.45) is 0. The molecule has 0 saturated carbocycles. The summed E-state index contributed by atoms with van der Waals surface area (Å²) >= 11 is 1.02. The summed E-state index contributed by atoms with van der Waals surface area (Å²) in [5, 5.41) is 8.23. The molecule has 0 aliphatic carbocycles. The third-order valence-electron chi connectivity index (χ3n) is 4.21. The van der Waals surface area contributed by atoms with Gasteiger partial charge in [-0.05, 0) is 31.2 Å². The Labute approximate surface area is 149 Å². The molecule has 2 aromatic heterocycles.